The fraction of sp³-hybridized carbons (Fsp3) is 0.643. The van der Waals surface area contributed by atoms with Crippen molar-refractivity contribution in [3.63, 3.8) is 0 Å². The summed E-state index contributed by atoms with van der Waals surface area (Å²) in [5.74, 6) is 0. The molecule has 1 aromatic rings. The lowest BCUT2D eigenvalue weighted by molar-refractivity contribution is -0.00277. The first kappa shape index (κ1) is 14.4. The number of nitrogens with one attached hydrogen (secondary N) is 1. The average molecular weight is 329 g/mol. The van der Waals surface area contributed by atoms with Gasteiger partial charge in [-0.1, -0.05) is 0 Å². The van der Waals surface area contributed by atoms with Crippen LogP contribution in [0.4, 0.5) is 4.79 Å². The van der Waals surface area contributed by atoms with Crippen LogP contribution in [-0.4, -0.2) is 27.1 Å². The summed E-state index contributed by atoms with van der Waals surface area (Å²) >= 11 is 3.52. The molecule has 0 aliphatic carbocycles. The molecule has 2 heterocycles. The maximum Gasteiger partial charge on any atom is 0.411 e. The first-order valence-corrected chi connectivity index (χ1v) is 7.25. The molecule has 0 radical (unpaired) electrons. The van der Waals surface area contributed by atoms with E-state index in [1.807, 2.05) is 27.0 Å². The Labute approximate surface area is 122 Å². The number of hydrogen-bond donors (Lipinski definition) is 1. The van der Waals surface area contributed by atoms with Crippen LogP contribution in [0.25, 0.3) is 0 Å². The second-order valence-corrected chi connectivity index (χ2v) is 7.50. The second-order valence-electron chi connectivity index (χ2n) is 6.65. The van der Waals surface area contributed by atoms with Crippen LogP contribution in [0.3, 0.4) is 0 Å². The monoisotopic (exact) mass is 328 g/mol. The minimum absolute atomic E-state index is 0.250. The Kier molecular flexibility index (Phi) is 3.45. The summed E-state index contributed by atoms with van der Waals surface area (Å²) in [6.45, 7) is 10.4. The maximum absolute atomic E-state index is 12.4. The highest BCUT2D eigenvalue weighted by molar-refractivity contribution is 9.10. The van der Waals surface area contributed by atoms with Crippen LogP contribution in [0, 0.1) is 0 Å². The van der Waals surface area contributed by atoms with Crippen LogP contribution in [0.5, 0.6) is 0 Å². The predicted octanol–water partition coefficient (Wildman–Crippen LogP) is 3.85. The zero-order valence-electron chi connectivity index (χ0n) is 12.1. The molecule has 1 aromatic heterocycles. The molecule has 106 valence electrons. The van der Waals surface area contributed by atoms with Gasteiger partial charge in [-0.3, -0.25) is 4.90 Å². The van der Waals surface area contributed by atoms with Crippen LogP contribution in [0.15, 0.2) is 10.7 Å². The number of amides is 1. The van der Waals surface area contributed by atoms with Crippen molar-refractivity contribution in [1.82, 2.24) is 9.88 Å². The van der Waals surface area contributed by atoms with Gasteiger partial charge in [-0.15, -0.1) is 0 Å². The first-order chi connectivity index (χ1) is 8.60. The summed E-state index contributed by atoms with van der Waals surface area (Å²) in [6, 6.07) is 0. The van der Waals surface area contributed by atoms with Gasteiger partial charge in [-0.05, 0) is 50.5 Å². The topological polar surface area (TPSA) is 45.3 Å². The van der Waals surface area contributed by atoms with Gasteiger partial charge in [0.2, 0.25) is 0 Å². The third-order valence-electron chi connectivity index (χ3n) is 3.30. The van der Waals surface area contributed by atoms with E-state index in [9.17, 15) is 4.79 Å². The van der Waals surface area contributed by atoms with E-state index in [2.05, 4.69) is 34.8 Å². The average Bonchev–Trinajstić information content (AvgIpc) is 2.54. The second kappa shape index (κ2) is 4.54. The van der Waals surface area contributed by atoms with Gasteiger partial charge < -0.3 is 9.72 Å². The van der Waals surface area contributed by atoms with Crippen molar-refractivity contribution in [3.05, 3.63) is 21.9 Å². The molecular weight excluding hydrogens is 308 g/mol. The third-order valence-corrected chi connectivity index (χ3v) is 4.00. The van der Waals surface area contributed by atoms with E-state index in [0.717, 1.165) is 16.5 Å². The van der Waals surface area contributed by atoms with Gasteiger partial charge in [-0.25, -0.2) is 4.79 Å². The molecule has 2 rings (SSSR count). The highest BCUT2D eigenvalue weighted by Gasteiger charge is 2.39. The molecule has 1 aliphatic rings. The number of hydrogen-bond acceptors (Lipinski definition) is 2. The van der Waals surface area contributed by atoms with Crippen molar-refractivity contribution in [1.29, 1.82) is 0 Å². The molecule has 0 unspecified atom stereocenters. The molecule has 0 saturated carbocycles. The van der Waals surface area contributed by atoms with Crippen LogP contribution in [0.2, 0.25) is 0 Å². The van der Waals surface area contributed by atoms with E-state index in [1.54, 1.807) is 4.90 Å². The summed E-state index contributed by atoms with van der Waals surface area (Å²) < 4.78 is 6.53. The number of rotatable bonds is 0. The van der Waals surface area contributed by atoms with Crippen molar-refractivity contribution in [2.45, 2.75) is 58.7 Å². The molecule has 1 aliphatic heterocycles. The Morgan fingerprint density at radius 2 is 2.11 bits per heavy atom. The molecule has 0 fully saturated rings. The van der Waals surface area contributed by atoms with Crippen LogP contribution < -0.4 is 0 Å². The quantitative estimate of drug-likeness (QED) is 0.786. The number of halogens is 1. The minimum Gasteiger partial charge on any atom is -0.444 e. The van der Waals surface area contributed by atoms with Gasteiger partial charge in [0.05, 0.1) is 6.54 Å². The molecule has 1 amide bonds. The van der Waals surface area contributed by atoms with Crippen molar-refractivity contribution >= 4 is 22.0 Å². The summed E-state index contributed by atoms with van der Waals surface area (Å²) in [6.07, 6.45) is 2.48. The SMILES string of the molecule is CC(C)(C)OC(=O)N1Cc2c(Br)c[nH]c2CC1(C)C. The van der Waals surface area contributed by atoms with Crippen LogP contribution in [0.1, 0.15) is 45.9 Å². The molecule has 0 saturated heterocycles. The summed E-state index contributed by atoms with van der Waals surface area (Å²) in [5.41, 5.74) is 1.62. The van der Waals surface area contributed by atoms with E-state index in [-0.39, 0.29) is 11.6 Å². The number of aromatic nitrogens is 1. The van der Waals surface area contributed by atoms with Gasteiger partial charge in [0.1, 0.15) is 5.60 Å². The lowest BCUT2D eigenvalue weighted by Gasteiger charge is -2.42. The van der Waals surface area contributed by atoms with Crippen molar-refractivity contribution in [3.8, 4) is 0 Å². The zero-order chi connectivity index (χ0) is 14.4. The molecule has 0 bridgehead atoms. The van der Waals surface area contributed by atoms with Gasteiger partial charge in [-0.2, -0.15) is 0 Å². The van der Waals surface area contributed by atoms with Crippen LogP contribution >= 0.6 is 15.9 Å². The molecule has 19 heavy (non-hydrogen) atoms. The Balaban J connectivity index is 2.26. The standard InChI is InChI=1S/C14H21BrN2O2/c1-13(2,3)19-12(18)17-8-9-10(15)7-16-11(9)6-14(17,4)5/h7,16H,6,8H2,1-5H3. The normalized spacial score (nSPS) is 18.1. The third kappa shape index (κ3) is 2.96. The number of carbonyl (C=O) groups is 1. The van der Waals surface area contributed by atoms with Gasteiger partial charge in [0.15, 0.2) is 0 Å². The Morgan fingerprint density at radius 3 is 2.68 bits per heavy atom. The Morgan fingerprint density at radius 1 is 1.47 bits per heavy atom. The first-order valence-electron chi connectivity index (χ1n) is 6.45. The predicted molar refractivity (Wildman–Crippen MR) is 78.1 cm³/mol. The van der Waals surface area contributed by atoms with Gasteiger partial charge in [0, 0.05) is 33.9 Å². The number of aromatic amines is 1. The van der Waals surface area contributed by atoms with Gasteiger partial charge in [0.25, 0.3) is 0 Å². The molecule has 0 aromatic carbocycles. The van der Waals surface area contributed by atoms with Gasteiger partial charge >= 0.3 is 6.09 Å². The van der Waals surface area contributed by atoms with Crippen LogP contribution in [-0.2, 0) is 17.7 Å². The van der Waals surface area contributed by atoms with E-state index >= 15 is 0 Å². The highest BCUT2D eigenvalue weighted by atomic mass is 79.9. The van der Waals surface area contributed by atoms with Crippen molar-refractivity contribution in [2.75, 3.05) is 0 Å². The van der Waals surface area contributed by atoms with E-state index < -0.39 is 5.60 Å². The summed E-state index contributed by atoms with van der Waals surface area (Å²) in [5, 5.41) is 0. The molecule has 4 nitrogen and oxygen atoms in total. The maximum atomic E-state index is 12.4. The van der Waals surface area contributed by atoms with E-state index in [4.69, 9.17) is 4.74 Å². The zero-order valence-corrected chi connectivity index (χ0v) is 13.7. The highest BCUT2D eigenvalue weighted by Crippen LogP contribution is 2.35. The fourth-order valence-electron chi connectivity index (χ4n) is 2.33. The van der Waals surface area contributed by atoms with E-state index in [0.29, 0.717) is 6.54 Å². The largest absolute Gasteiger partial charge is 0.444 e. The minimum atomic E-state index is -0.469. The number of ether oxygens (including phenoxy) is 1. The summed E-state index contributed by atoms with van der Waals surface area (Å²) in [7, 11) is 0. The lowest BCUT2D eigenvalue weighted by atomic mass is 9.90. The molecule has 0 atom stereocenters. The number of H-pyrrole nitrogens is 1. The fourth-order valence-corrected chi connectivity index (χ4v) is 2.81. The van der Waals surface area contributed by atoms with Crippen molar-refractivity contribution < 1.29 is 9.53 Å². The van der Waals surface area contributed by atoms with E-state index in [1.165, 1.54) is 5.69 Å². The Bertz CT molecular complexity index is 500. The Hall–Kier alpha value is -0.970. The molecule has 1 N–H and O–H groups in total. The lowest BCUT2D eigenvalue weighted by Crippen LogP contribution is -2.52. The molecule has 0 spiro atoms. The molecular formula is C14H21BrN2O2. The smallest absolute Gasteiger partial charge is 0.411 e. The summed E-state index contributed by atoms with van der Waals surface area (Å²) in [4.78, 5) is 17.4. The number of carbonyl (C=O) groups excluding carboxylic acids is 1. The molecule has 5 heteroatoms. The number of nitrogens with zero attached hydrogens (tertiary/aromatic N) is 1. The van der Waals surface area contributed by atoms with Crippen molar-refractivity contribution in [2.24, 2.45) is 0 Å². The number of fused-ring (bicyclic) bond motifs is 1.